The normalized spacial score (nSPS) is 15.3. The van der Waals surface area contributed by atoms with E-state index in [9.17, 15) is 0 Å². The van der Waals surface area contributed by atoms with Gasteiger partial charge in [-0.3, -0.25) is 0 Å². The van der Waals surface area contributed by atoms with Gasteiger partial charge in [0.05, 0.1) is 0 Å². The Morgan fingerprint density at radius 1 is 1.33 bits per heavy atom. The van der Waals surface area contributed by atoms with Gasteiger partial charge in [-0.1, -0.05) is 48.8 Å². The molecule has 2 atom stereocenters. The van der Waals surface area contributed by atoms with Crippen LogP contribution in [0.15, 0.2) is 28.7 Å². The first kappa shape index (κ1) is 12.7. The SMILES string of the molecule is CCC(c1cccc(Br)c1)C(N)C(C)C. The Hall–Kier alpha value is -0.340. The molecule has 0 aromatic heterocycles. The summed E-state index contributed by atoms with van der Waals surface area (Å²) in [4.78, 5) is 0. The molecule has 1 aromatic carbocycles. The molecule has 0 bridgehead atoms. The molecule has 2 unspecified atom stereocenters. The first-order chi connectivity index (χ1) is 7.06. The predicted octanol–water partition coefficient (Wildman–Crippen LogP) is 3.93. The predicted molar refractivity (Wildman–Crippen MR) is 70.0 cm³/mol. The van der Waals surface area contributed by atoms with Crippen molar-refractivity contribution < 1.29 is 0 Å². The maximum atomic E-state index is 6.24. The molecule has 2 heteroatoms. The summed E-state index contributed by atoms with van der Waals surface area (Å²) in [5.74, 6) is 0.983. The summed E-state index contributed by atoms with van der Waals surface area (Å²) in [5.41, 5.74) is 7.58. The molecule has 0 aliphatic carbocycles. The minimum atomic E-state index is 0.240. The molecule has 0 heterocycles. The molecule has 0 saturated heterocycles. The molecule has 0 spiro atoms. The van der Waals surface area contributed by atoms with Gasteiger partial charge < -0.3 is 5.73 Å². The summed E-state index contributed by atoms with van der Waals surface area (Å²) in [6.07, 6.45) is 1.09. The Morgan fingerprint density at radius 2 is 2.00 bits per heavy atom. The third-order valence-corrected chi connectivity index (χ3v) is 3.44. The zero-order valence-corrected chi connectivity index (χ0v) is 11.3. The van der Waals surface area contributed by atoms with Crippen molar-refractivity contribution in [1.82, 2.24) is 0 Å². The lowest BCUT2D eigenvalue weighted by Crippen LogP contribution is -2.33. The fourth-order valence-electron chi connectivity index (χ4n) is 1.93. The van der Waals surface area contributed by atoms with Gasteiger partial charge in [0.1, 0.15) is 0 Å². The third-order valence-electron chi connectivity index (χ3n) is 2.95. The van der Waals surface area contributed by atoms with Crippen molar-refractivity contribution in [3.05, 3.63) is 34.3 Å². The van der Waals surface area contributed by atoms with Crippen molar-refractivity contribution in [2.75, 3.05) is 0 Å². The van der Waals surface area contributed by atoms with Crippen LogP contribution in [-0.4, -0.2) is 6.04 Å². The summed E-state index contributed by atoms with van der Waals surface area (Å²) >= 11 is 3.50. The molecule has 0 radical (unpaired) electrons. The van der Waals surface area contributed by atoms with E-state index in [-0.39, 0.29) is 6.04 Å². The molecule has 15 heavy (non-hydrogen) atoms. The maximum absolute atomic E-state index is 6.24. The van der Waals surface area contributed by atoms with Crippen LogP contribution in [0.25, 0.3) is 0 Å². The van der Waals surface area contributed by atoms with E-state index in [1.54, 1.807) is 0 Å². The monoisotopic (exact) mass is 269 g/mol. The highest BCUT2D eigenvalue weighted by molar-refractivity contribution is 9.10. The van der Waals surface area contributed by atoms with Crippen molar-refractivity contribution >= 4 is 15.9 Å². The number of halogens is 1. The van der Waals surface area contributed by atoms with Crippen molar-refractivity contribution in [3.8, 4) is 0 Å². The number of hydrogen-bond donors (Lipinski definition) is 1. The van der Waals surface area contributed by atoms with Crippen LogP contribution in [0, 0.1) is 5.92 Å². The zero-order chi connectivity index (χ0) is 11.4. The van der Waals surface area contributed by atoms with E-state index in [4.69, 9.17) is 5.73 Å². The highest BCUT2D eigenvalue weighted by atomic mass is 79.9. The van der Waals surface area contributed by atoms with Crippen molar-refractivity contribution in [2.24, 2.45) is 11.7 Å². The average molecular weight is 270 g/mol. The van der Waals surface area contributed by atoms with Crippen LogP contribution in [0.2, 0.25) is 0 Å². The minimum Gasteiger partial charge on any atom is -0.327 e. The molecule has 1 aromatic rings. The van der Waals surface area contributed by atoms with Crippen LogP contribution in [0.5, 0.6) is 0 Å². The highest BCUT2D eigenvalue weighted by Gasteiger charge is 2.20. The summed E-state index contributed by atoms with van der Waals surface area (Å²) in [6, 6.07) is 8.72. The molecule has 0 saturated carbocycles. The lowest BCUT2D eigenvalue weighted by Gasteiger charge is -2.26. The van der Waals surface area contributed by atoms with E-state index in [2.05, 4.69) is 61.0 Å². The molecule has 2 N–H and O–H groups in total. The molecule has 1 rings (SSSR count). The summed E-state index contributed by atoms with van der Waals surface area (Å²) in [6.45, 7) is 6.57. The fourth-order valence-corrected chi connectivity index (χ4v) is 2.35. The Balaban J connectivity index is 2.92. The van der Waals surface area contributed by atoms with Gasteiger partial charge in [0, 0.05) is 10.5 Å². The second-order valence-electron chi connectivity index (χ2n) is 4.39. The van der Waals surface area contributed by atoms with Gasteiger partial charge in [0.2, 0.25) is 0 Å². The van der Waals surface area contributed by atoms with Crippen molar-refractivity contribution in [2.45, 2.75) is 39.2 Å². The smallest absolute Gasteiger partial charge is 0.0178 e. The fraction of sp³-hybridized carbons (Fsp3) is 0.538. The maximum Gasteiger partial charge on any atom is 0.0178 e. The van der Waals surface area contributed by atoms with Gasteiger partial charge in [0.25, 0.3) is 0 Å². The van der Waals surface area contributed by atoms with E-state index in [1.807, 2.05) is 0 Å². The minimum absolute atomic E-state index is 0.240. The molecule has 0 amide bonds. The van der Waals surface area contributed by atoms with E-state index in [0.717, 1.165) is 10.9 Å². The van der Waals surface area contributed by atoms with Crippen LogP contribution < -0.4 is 5.73 Å². The van der Waals surface area contributed by atoms with Crippen LogP contribution in [-0.2, 0) is 0 Å². The van der Waals surface area contributed by atoms with Gasteiger partial charge in [-0.05, 0) is 36.0 Å². The van der Waals surface area contributed by atoms with Crippen molar-refractivity contribution in [1.29, 1.82) is 0 Å². The molecule has 84 valence electrons. The van der Waals surface area contributed by atoms with E-state index in [0.29, 0.717) is 11.8 Å². The van der Waals surface area contributed by atoms with Gasteiger partial charge in [-0.15, -0.1) is 0 Å². The summed E-state index contributed by atoms with van der Waals surface area (Å²) < 4.78 is 1.13. The lowest BCUT2D eigenvalue weighted by atomic mass is 9.84. The number of nitrogens with two attached hydrogens (primary N) is 1. The number of rotatable bonds is 4. The van der Waals surface area contributed by atoms with Gasteiger partial charge in [0.15, 0.2) is 0 Å². The standard InChI is InChI=1S/C13H20BrN/c1-4-12(13(15)9(2)3)10-6-5-7-11(14)8-10/h5-9,12-13H,4,15H2,1-3H3. The van der Waals surface area contributed by atoms with E-state index < -0.39 is 0 Å². The largest absolute Gasteiger partial charge is 0.327 e. The van der Waals surface area contributed by atoms with E-state index in [1.165, 1.54) is 5.56 Å². The van der Waals surface area contributed by atoms with Gasteiger partial charge >= 0.3 is 0 Å². The number of benzene rings is 1. The van der Waals surface area contributed by atoms with Gasteiger partial charge in [-0.25, -0.2) is 0 Å². The Kier molecular flexibility index (Phi) is 4.81. The second-order valence-corrected chi connectivity index (χ2v) is 5.31. The Morgan fingerprint density at radius 3 is 2.47 bits per heavy atom. The molecule has 0 aliphatic heterocycles. The molecular weight excluding hydrogens is 250 g/mol. The second kappa shape index (κ2) is 5.66. The number of hydrogen-bond acceptors (Lipinski definition) is 1. The van der Waals surface area contributed by atoms with Crippen LogP contribution >= 0.6 is 15.9 Å². The molecular formula is C13H20BrN. The van der Waals surface area contributed by atoms with Crippen LogP contribution in [0.3, 0.4) is 0 Å². The van der Waals surface area contributed by atoms with Crippen molar-refractivity contribution in [3.63, 3.8) is 0 Å². The molecule has 0 fully saturated rings. The highest BCUT2D eigenvalue weighted by Crippen LogP contribution is 2.27. The summed E-state index contributed by atoms with van der Waals surface area (Å²) in [5, 5.41) is 0. The average Bonchev–Trinajstić information content (AvgIpc) is 2.18. The summed E-state index contributed by atoms with van der Waals surface area (Å²) in [7, 11) is 0. The zero-order valence-electron chi connectivity index (χ0n) is 9.70. The lowest BCUT2D eigenvalue weighted by molar-refractivity contribution is 0.408. The van der Waals surface area contributed by atoms with E-state index >= 15 is 0 Å². The van der Waals surface area contributed by atoms with Crippen LogP contribution in [0.1, 0.15) is 38.7 Å². The Labute approximate surface area is 101 Å². The van der Waals surface area contributed by atoms with Gasteiger partial charge in [-0.2, -0.15) is 0 Å². The Bertz CT molecular complexity index is 309. The van der Waals surface area contributed by atoms with Crippen LogP contribution in [0.4, 0.5) is 0 Å². The first-order valence-corrected chi connectivity index (χ1v) is 6.36. The quantitative estimate of drug-likeness (QED) is 0.881. The third kappa shape index (κ3) is 3.32. The topological polar surface area (TPSA) is 26.0 Å². The first-order valence-electron chi connectivity index (χ1n) is 5.57. The molecule has 0 aliphatic rings. The molecule has 1 nitrogen and oxygen atoms in total.